The topological polar surface area (TPSA) is 91.0 Å². The van der Waals surface area contributed by atoms with E-state index < -0.39 is 12.1 Å². The van der Waals surface area contributed by atoms with Crippen LogP contribution in [0.3, 0.4) is 0 Å². The molecule has 9 heteroatoms. The molecule has 0 N–H and O–H groups in total. The summed E-state index contributed by atoms with van der Waals surface area (Å²) in [6.45, 7) is 3.48. The van der Waals surface area contributed by atoms with E-state index in [-0.39, 0.29) is 5.89 Å². The van der Waals surface area contributed by atoms with Gasteiger partial charge < -0.3 is 9.26 Å². The predicted octanol–water partition coefficient (Wildman–Crippen LogP) is 4.54. The van der Waals surface area contributed by atoms with Crippen molar-refractivity contribution in [1.29, 1.82) is 0 Å². The van der Waals surface area contributed by atoms with Gasteiger partial charge in [-0.3, -0.25) is 4.98 Å². The molecular weight excluding hydrogens is 384 g/mol. The number of hydrogen-bond donors (Lipinski definition) is 0. The standard InChI is InChI=1S/C18H14N4O3S2/c1-10-14(27-17(20-10)13-5-7-26-9-13)18(23)24-11(2)16-21-15(22-25-16)12-4-3-6-19-8-12/h3-9,11H,1-2H3. The van der Waals surface area contributed by atoms with Gasteiger partial charge in [-0.05, 0) is 37.4 Å². The molecule has 0 aliphatic carbocycles. The normalized spacial score (nSPS) is 12.1. The van der Waals surface area contributed by atoms with Crippen LogP contribution in [0, 0.1) is 6.92 Å². The number of rotatable bonds is 5. The number of carbonyl (C=O) groups excluding carboxylic acids is 1. The predicted molar refractivity (Wildman–Crippen MR) is 102 cm³/mol. The molecule has 27 heavy (non-hydrogen) atoms. The van der Waals surface area contributed by atoms with E-state index in [2.05, 4.69) is 20.1 Å². The van der Waals surface area contributed by atoms with Gasteiger partial charge in [-0.25, -0.2) is 9.78 Å². The number of pyridine rings is 1. The minimum atomic E-state index is -0.679. The number of ether oxygens (including phenoxy) is 1. The lowest BCUT2D eigenvalue weighted by molar-refractivity contribution is 0.0270. The lowest BCUT2D eigenvalue weighted by atomic mass is 10.3. The number of hydrogen-bond acceptors (Lipinski definition) is 9. The molecular formula is C18H14N4O3S2. The van der Waals surface area contributed by atoms with Crippen molar-refractivity contribution >= 4 is 28.6 Å². The van der Waals surface area contributed by atoms with E-state index in [1.54, 1.807) is 43.6 Å². The molecule has 7 nitrogen and oxygen atoms in total. The third-order valence-corrected chi connectivity index (χ3v) is 5.61. The van der Waals surface area contributed by atoms with Crippen molar-refractivity contribution in [2.75, 3.05) is 0 Å². The van der Waals surface area contributed by atoms with Gasteiger partial charge in [-0.2, -0.15) is 16.3 Å². The van der Waals surface area contributed by atoms with Crippen molar-refractivity contribution in [3.8, 4) is 22.0 Å². The Hall–Kier alpha value is -2.91. The summed E-state index contributed by atoms with van der Waals surface area (Å²) in [5, 5.41) is 8.68. The molecule has 4 aromatic rings. The fourth-order valence-electron chi connectivity index (χ4n) is 2.37. The van der Waals surface area contributed by atoms with E-state index in [1.807, 2.05) is 22.9 Å². The van der Waals surface area contributed by atoms with Crippen LogP contribution in [0.4, 0.5) is 0 Å². The molecule has 0 amide bonds. The fraction of sp³-hybridized carbons (Fsp3) is 0.167. The van der Waals surface area contributed by atoms with Gasteiger partial charge in [0.05, 0.1) is 5.69 Å². The van der Waals surface area contributed by atoms with Gasteiger partial charge >= 0.3 is 5.97 Å². The van der Waals surface area contributed by atoms with Crippen molar-refractivity contribution in [3.63, 3.8) is 0 Å². The molecule has 0 spiro atoms. The molecule has 4 aromatic heterocycles. The van der Waals surface area contributed by atoms with Crippen molar-refractivity contribution in [1.82, 2.24) is 20.1 Å². The average Bonchev–Trinajstić information content (AvgIpc) is 3.42. The first-order valence-electron chi connectivity index (χ1n) is 8.07. The molecule has 4 heterocycles. The van der Waals surface area contributed by atoms with Crippen LogP contribution < -0.4 is 0 Å². The Morgan fingerprint density at radius 3 is 2.89 bits per heavy atom. The second kappa shape index (κ2) is 7.37. The highest BCUT2D eigenvalue weighted by atomic mass is 32.1. The molecule has 0 aromatic carbocycles. The summed E-state index contributed by atoms with van der Waals surface area (Å²) in [7, 11) is 0. The zero-order chi connectivity index (χ0) is 18.8. The molecule has 0 saturated heterocycles. The maximum Gasteiger partial charge on any atom is 0.351 e. The monoisotopic (exact) mass is 398 g/mol. The summed E-state index contributed by atoms with van der Waals surface area (Å²) in [4.78, 5) is 25.8. The van der Waals surface area contributed by atoms with Crippen LogP contribution in [0.15, 0.2) is 45.9 Å². The zero-order valence-electron chi connectivity index (χ0n) is 14.4. The highest BCUT2D eigenvalue weighted by Gasteiger charge is 2.23. The molecule has 136 valence electrons. The molecule has 0 aliphatic heterocycles. The van der Waals surface area contributed by atoms with Gasteiger partial charge in [0, 0.05) is 28.9 Å². The first-order chi connectivity index (χ1) is 13.1. The Bertz CT molecular complexity index is 1060. The zero-order valence-corrected chi connectivity index (χ0v) is 16.1. The van der Waals surface area contributed by atoms with Crippen molar-refractivity contribution in [3.05, 3.63) is 57.8 Å². The summed E-state index contributed by atoms with van der Waals surface area (Å²) in [5.41, 5.74) is 2.36. The van der Waals surface area contributed by atoms with E-state index in [9.17, 15) is 4.79 Å². The smallest absolute Gasteiger partial charge is 0.351 e. The van der Waals surface area contributed by atoms with Crippen molar-refractivity contribution in [2.45, 2.75) is 20.0 Å². The number of aryl methyl sites for hydroxylation is 1. The quantitative estimate of drug-likeness (QED) is 0.456. The van der Waals surface area contributed by atoms with Crippen LogP contribution in [-0.2, 0) is 4.74 Å². The van der Waals surface area contributed by atoms with Crippen molar-refractivity contribution in [2.24, 2.45) is 0 Å². The van der Waals surface area contributed by atoms with Gasteiger partial charge in [-0.1, -0.05) is 5.16 Å². The number of thiazole rings is 1. The van der Waals surface area contributed by atoms with Crippen LogP contribution in [0.25, 0.3) is 22.0 Å². The van der Waals surface area contributed by atoms with Gasteiger partial charge in [-0.15, -0.1) is 11.3 Å². The van der Waals surface area contributed by atoms with Crippen LogP contribution in [0.5, 0.6) is 0 Å². The summed E-state index contributed by atoms with van der Waals surface area (Å²) in [5.74, 6) is 0.164. The highest BCUT2D eigenvalue weighted by Crippen LogP contribution is 2.31. The van der Waals surface area contributed by atoms with Gasteiger partial charge in [0.2, 0.25) is 5.82 Å². The summed E-state index contributed by atoms with van der Waals surface area (Å²) in [6, 6.07) is 5.58. The number of esters is 1. The van der Waals surface area contributed by atoms with E-state index in [1.165, 1.54) is 11.3 Å². The number of aromatic nitrogens is 4. The molecule has 0 bridgehead atoms. The van der Waals surface area contributed by atoms with E-state index in [0.717, 1.165) is 16.1 Å². The second-order valence-corrected chi connectivity index (χ2v) is 7.47. The van der Waals surface area contributed by atoms with E-state index >= 15 is 0 Å². The third-order valence-electron chi connectivity index (χ3n) is 3.74. The van der Waals surface area contributed by atoms with E-state index in [0.29, 0.717) is 16.4 Å². The Balaban J connectivity index is 1.49. The van der Waals surface area contributed by atoms with Gasteiger partial charge in [0.25, 0.3) is 5.89 Å². The van der Waals surface area contributed by atoms with Crippen molar-refractivity contribution < 1.29 is 14.1 Å². The minimum absolute atomic E-state index is 0.224. The second-order valence-electron chi connectivity index (χ2n) is 5.69. The first-order valence-corrected chi connectivity index (χ1v) is 9.82. The van der Waals surface area contributed by atoms with E-state index in [4.69, 9.17) is 9.26 Å². The third kappa shape index (κ3) is 3.64. The maximum absolute atomic E-state index is 12.6. The average molecular weight is 398 g/mol. The molecule has 0 radical (unpaired) electrons. The first kappa shape index (κ1) is 17.5. The highest BCUT2D eigenvalue weighted by molar-refractivity contribution is 7.17. The molecule has 1 unspecified atom stereocenters. The SMILES string of the molecule is Cc1nc(-c2ccsc2)sc1C(=O)OC(C)c1nc(-c2cccnc2)no1. The Kier molecular flexibility index (Phi) is 4.78. The largest absolute Gasteiger partial charge is 0.448 e. The lowest BCUT2D eigenvalue weighted by Gasteiger charge is -2.07. The van der Waals surface area contributed by atoms with Crippen LogP contribution in [0.2, 0.25) is 0 Å². The Labute approximate surface area is 162 Å². The molecule has 1 atom stereocenters. The molecule has 4 rings (SSSR count). The fourth-order valence-corrected chi connectivity index (χ4v) is 4.03. The number of thiophene rings is 1. The number of nitrogens with zero attached hydrogens (tertiary/aromatic N) is 4. The van der Waals surface area contributed by atoms with Crippen LogP contribution in [0.1, 0.15) is 34.3 Å². The maximum atomic E-state index is 12.6. The molecule has 0 fully saturated rings. The molecule has 0 aliphatic rings. The summed E-state index contributed by atoms with van der Waals surface area (Å²) in [6.07, 6.45) is 2.62. The Morgan fingerprint density at radius 2 is 2.15 bits per heavy atom. The number of carbonyl (C=O) groups is 1. The van der Waals surface area contributed by atoms with Gasteiger partial charge in [0.15, 0.2) is 6.10 Å². The van der Waals surface area contributed by atoms with Crippen LogP contribution in [-0.4, -0.2) is 26.1 Å². The Morgan fingerprint density at radius 1 is 1.26 bits per heavy atom. The summed E-state index contributed by atoms with van der Waals surface area (Å²) >= 11 is 2.90. The van der Waals surface area contributed by atoms with Gasteiger partial charge in [0.1, 0.15) is 9.88 Å². The summed E-state index contributed by atoms with van der Waals surface area (Å²) < 4.78 is 10.7. The van der Waals surface area contributed by atoms with Crippen LogP contribution >= 0.6 is 22.7 Å². The lowest BCUT2D eigenvalue weighted by Crippen LogP contribution is -2.09. The molecule has 0 saturated carbocycles. The minimum Gasteiger partial charge on any atom is -0.448 e.